The molecule has 2 saturated carbocycles. The van der Waals surface area contributed by atoms with Crippen LogP contribution in [0.15, 0.2) is 24.3 Å². The van der Waals surface area contributed by atoms with E-state index in [-0.39, 0.29) is 28.9 Å². The summed E-state index contributed by atoms with van der Waals surface area (Å²) >= 11 is 0. The Morgan fingerprint density at radius 3 is 2.92 bits per heavy atom. The van der Waals surface area contributed by atoms with Crippen LogP contribution in [0.4, 0.5) is 0 Å². The van der Waals surface area contributed by atoms with E-state index in [1.54, 1.807) is 6.07 Å². The number of phenolic OH excluding ortho intramolecular Hbond substituents is 1. The van der Waals surface area contributed by atoms with Crippen molar-refractivity contribution >= 4 is 5.91 Å². The second-order valence-electron chi connectivity index (χ2n) is 9.18. The molecule has 142 valence electrons. The molecule has 0 unspecified atom stereocenters. The van der Waals surface area contributed by atoms with Gasteiger partial charge in [-0.2, -0.15) is 0 Å². The van der Waals surface area contributed by atoms with Crippen LogP contribution in [0.25, 0.3) is 0 Å². The third kappa shape index (κ3) is 2.57. The average molecular weight is 357 g/mol. The molecule has 1 aromatic rings. The zero-order valence-corrected chi connectivity index (χ0v) is 16.1. The van der Waals surface area contributed by atoms with Crippen molar-refractivity contribution in [2.75, 3.05) is 6.61 Å². The lowest BCUT2D eigenvalue weighted by Crippen LogP contribution is -2.58. The summed E-state index contributed by atoms with van der Waals surface area (Å²) in [5, 5.41) is 13.3. The quantitative estimate of drug-likeness (QED) is 0.849. The lowest BCUT2D eigenvalue weighted by molar-refractivity contribution is -0.137. The number of nitrogens with one attached hydrogen (secondary N) is 1. The fourth-order valence-corrected chi connectivity index (χ4v) is 6.28. The largest absolute Gasteiger partial charge is 0.508 e. The molecule has 1 heterocycles. The first-order chi connectivity index (χ1) is 12.4. The molecular weight excluding hydrogens is 326 g/mol. The zero-order valence-electron chi connectivity index (χ0n) is 16.1. The smallest absolute Gasteiger partial charge is 0.220 e. The molecule has 2 N–H and O–H groups in total. The monoisotopic (exact) mass is 357 g/mol. The van der Waals surface area contributed by atoms with Crippen LogP contribution in [-0.4, -0.2) is 23.7 Å². The average Bonchev–Trinajstić information content (AvgIpc) is 3.08. The lowest BCUT2D eigenvalue weighted by Gasteiger charge is -2.53. The van der Waals surface area contributed by atoms with E-state index in [1.165, 1.54) is 6.42 Å². The Morgan fingerprint density at radius 2 is 2.19 bits per heavy atom. The van der Waals surface area contributed by atoms with Crippen molar-refractivity contribution < 1.29 is 14.6 Å². The van der Waals surface area contributed by atoms with Gasteiger partial charge in [-0.15, -0.1) is 0 Å². The molecular formula is C22H31NO3. The summed E-state index contributed by atoms with van der Waals surface area (Å²) in [6, 6.07) is 7.71. The van der Waals surface area contributed by atoms with Crippen molar-refractivity contribution in [3.63, 3.8) is 0 Å². The Morgan fingerprint density at radius 1 is 1.38 bits per heavy atom. The molecule has 0 aromatic heterocycles. The fraction of sp³-hybridized carbons (Fsp3) is 0.682. The number of carbonyl (C=O) groups is 1. The van der Waals surface area contributed by atoms with Crippen LogP contribution in [0, 0.1) is 22.7 Å². The molecule has 5 atom stereocenters. The molecule has 4 nitrogen and oxygen atoms in total. The highest BCUT2D eigenvalue weighted by Gasteiger charge is 2.68. The van der Waals surface area contributed by atoms with Crippen molar-refractivity contribution in [1.82, 2.24) is 5.32 Å². The normalized spacial score (nSPS) is 37.3. The number of hydrogen-bond acceptors (Lipinski definition) is 3. The highest BCUT2D eigenvalue weighted by molar-refractivity contribution is 5.76. The molecule has 1 aromatic carbocycles. The van der Waals surface area contributed by atoms with Crippen molar-refractivity contribution in [3.05, 3.63) is 29.8 Å². The van der Waals surface area contributed by atoms with Gasteiger partial charge in [-0.3, -0.25) is 4.79 Å². The maximum absolute atomic E-state index is 12.5. The summed E-state index contributed by atoms with van der Waals surface area (Å²) in [5.74, 6) is 1.50. The van der Waals surface area contributed by atoms with Crippen molar-refractivity contribution in [3.8, 4) is 5.75 Å². The first-order valence-electron chi connectivity index (χ1n) is 10.1. The minimum Gasteiger partial charge on any atom is -0.508 e. The fourth-order valence-electron chi connectivity index (χ4n) is 6.28. The Labute approximate surface area is 156 Å². The highest BCUT2D eigenvalue weighted by Crippen LogP contribution is 2.70. The van der Waals surface area contributed by atoms with Gasteiger partial charge in [-0.25, -0.2) is 0 Å². The zero-order chi connectivity index (χ0) is 18.5. The summed E-state index contributed by atoms with van der Waals surface area (Å²) < 4.78 is 6.23. The molecule has 26 heavy (non-hydrogen) atoms. The summed E-state index contributed by atoms with van der Waals surface area (Å²) in [7, 11) is 0. The first-order valence-corrected chi connectivity index (χ1v) is 10.1. The van der Waals surface area contributed by atoms with Gasteiger partial charge in [0.2, 0.25) is 5.91 Å². The van der Waals surface area contributed by atoms with Gasteiger partial charge in [0.25, 0.3) is 0 Å². The molecule has 1 spiro atoms. The van der Waals surface area contributed by atoms with Gasteiger partial charge >= 0.3 is 0 Å². The SMILES string of the molecule is CCCC(=O)N[C@H]1C(C)(C)[C@@H]2C[C@@H]3[C@@H](c4cccc(O)c4)OCC[C@@]31C2. The second kappa shape index (κ2) is 6.26. The summed E-state index contributed by atoms with van der Waals surface area (Å²) in [6.45, 7) is 7.44. The van der Waals surface area contributed by atoms with Crippen LogP contribution in [0.2, 0.25) is 0 Å². The second-order valence-corrected chi connectivity index (χ2v) is 9.18. The van der Waals surface area contributed by atoms with Crippen LogP contribution in [-0.2, 0) is 9.53 Å². The number of ether oxygens (including phenoxy) is 1. The van der Waals surface area contributed by atoms with Crippen molar-refractivity contribution in [2.45, 2.75) is 65.0 Å². The molecule has 2 bridgehead atoms. The lowest BCUT2D eigenvalue weighted by atomic mass is 9.59. The predicted octanol–water partition coefficient (Wildman–Crippen LogP) is 4.19. The molecule has 4 rings (SSSR count). The number of rotatable bonds is 4. The van der Waals surface area contributed by atoms with E-state index in [2.05, 4.69) is 32.2 Å². The Hall–Kier alpha value is -1.55. The third-order valence-electron chi connectivity index (χ3n) is 7.49. The number of phenols is 1. The Kier molecular flexibility index (Phi) is 4.30. The van der Waals surface area contributed by atoms with Gasteiger partial charge in [0.15, 0.2) is 0 Å². The van der Waals surface area contributed by atoms with Gasteiger partial charge in [0.05, 0.1) is 6.10 Å². The van der Waals surface area contributed by atoms with E-state index < -0.39 is 0 Å². The first kappa shape index (κ1) is 17.8. The molecule has 3 fully saturated rings. The van der Waals surface area contributed by atoms with Gasteiger partial charge in [0.1, 0.15) is 5.75 Å². The van der Waals surface area contributed by atoms with E-state index in [0.717, 1.165) is 31.4 Å². The van der Waals surface area contributed by atoms with E-state index in [1.807, 2.05) is 12.1 Å². The van der Waals surface area contributed by atoms with Gasteiger partial charge < -0.3 is 15.2 Å². The maximum Gasteiger partial charge on any atom is 0.220 e. The number of aromatic hydroxyl groups is 1. The molecule has 1 amide bonds. The van der Waals surface area contributed by atoms with Crippen LogP contribution >= 0.6 is 0 Å². The third-order valence-corrected chi connectivity index (χ3v) is 7.49. The molecule has 1 saturated heterocycles. The highest BCUT2D eigenvalue weighted by atomic mass is 16.5. The Balaban J connectivity index is 1.67. The van der Waals surface area contributed by atoms with Crippen molar-refractivity contribution in [2.24, 2.45) is 22.7 Å². The van der Waals surface area contributed by atoms with E-state index in [4.69, 9.17) is 4.74 Å². The topological polar surface area (TPSA) is 58.6 Å². The van der Waals surface area contributed by atoms with Crippen LogP contribution in [0.1, 0.15) is 64.5 Å². The van der Waals surface area contributed by atoms with Crippen LogP contribution < -0.4 is 5.32 Å². The number of amides is 1. The standard InChI is InChI=1S/C22H31NO3/c1-4-6-18(25)23-20-21(2,3)15-12-17-19(14-7-5-8-16(24)11-14)26-10-9-22(17,20)13-15/h5,7-8,11,15,17,19-20,24H,4,6,9-10,12-13H2,1-3H3,(H,23,25)/t15-,17-,19-,20+,22-/m1/s1. The minimum atomic E-state index is 0.0162. The van der Waals surface area contributed by atoms with E-state index in [9.17, 15) is 9.90 Å². The number of fused-ring (bicyclic) bond motifs is 1. The molecule has 3 aliphatic rings. The maximum atomic E-state index is 12.5. The van der Waals surface area contributed by atoms with E-state index in [0.29, 0.717) is 24.0 Å². The molecule has 2 aliphatic carbocycles. The predicted molar refractivity (Wildman–Crippen MR) is 101 cm³/mol. The number of carbonyl (C=O) groups excluding carboxylic acids is 1. The summed E-state index contributed by atoms with van der Waals surface area (Å²) in [6.07, 6.45) is 4.85. The molecule has 1 aliphatic heterocycles. The van der Waals surface area contributed by atoms with Crippen LogP contribution in [0.3, 0.4) is 0 Å². The minimum absolute atomic E-state index is 0.0162. The molecule has 0 radical (unpaired) electrons. The number of hydrogen-bond donors (Lipinski definition) is 2. The van der Waals surface area contributed by atoms with Gasteiger partial charge in [0, 0.05) is 19.1 Å². The van der Waals surface area contributed by atoms with Crippen molar-refractivity contribution in [1.29, 1.82) is 0 Å². The summed E-state index contributed by atoms with van der Waals surface area (Å²) in [4.78, 5) is 12.5. The number of benzene rings is 1. The van der Waals surface area contributed by atoms with Gasteiger partial charge in [-0.05, 0) is 66.0 Å². The summed E-state index contributed by atoms with van der Waals surface area (Å²) in [5.41, 5.74) is 1.31. The Bertz CT molecular complexity index is 700. The van der Waals surface area contributed by atoms with Crippen LogP contribution in [0.5, 0.6) is 5.75 Å². The van der Waals surface area contributed by atoms with E-state index >= 15 is 0 Å². The van der Waals surface area contributed by atoms with Gasteiger partial charge in [-0.1, -0.05) is 32.9 Å². The molecule has 4 heteroatoms.